The van der Waals surface area contributed by atoms with E-state index in [9.17, 15) is 4.79 Å². The van der Waals surface area contributed by atoms with Crippen LogP contribution >= 0.6 is 0 Å². The van der Waals surface area contributed by atoms with Crippen LogP contribution in [0.2, 0.25) is 0 Å². The van der Waals surface area contributed by atoms with Gasteiger partial charge >= 0.3 is 6.03 Å². The van der Waals surface area contributed by atoms with E-state index in [2.05, 4.69) is 25.2 Å². The first-order valence-electron chi connectivity index (χ1n) is 8.53. The second-order valence-electron chi connectivity index (χ2n) is 6.91. The molecule has 3 atom stereocenters. The van der Waals surface area contributed by atoms with Gasteiger partial charge in [-0.3, -0.25) is 0 Å². The Morgan fingerprint density at radius 2 is 1.96 bits per heavy atom. The molecule has 2 fully saturated rings. The van der Waals surface area contributed by atoms with Crippen LogP contribution in [0.1, 0.15) is 24.0 Å². The maximum Gasteiger partial charge on any atom is 0.317 e. The summed E-state index contributed by atoms with van der Waals surface area (Å²) in [5.41, 5.74) is 8.64. The van der Waals surface area contributed by atoms with Crippen LogP contribution in [0.3, 0.4) is 0 Å². The molecule has 3 N–H and O–H groups in total. The third-order valence-corrected chi connectivity index (χ3v) is 5.32. The number of nitrogens with two attached hydrogens (primary N) is 1. The molecule has 3 rings (SSSR count). The molecule has 0 aromatic heterocycles. The molecule has 1 aliphatic carbocycles. The summed E-state index contributed by atoms with van der Waals surface area (Å²) in [5, 5.41) is 2.95. The summed E-state index contributed by atoms with van der Waals surface area (Å²) in [6.45, 7) is 6.73. The van der Waals surface area contributed by atoms with Gasteiger partial charge in [0.15, 0.2) is 0 Å². The van der Waals surface area contributed by atoms with Gasteiger partial charge in [-0.2, -0.15) is 0 Å². The highest BCUT2D eigenvalue weighted by Gasteiger charge is 2.41. The number of piperidine rings is 1. The minimum atomic E-state index is 0.0116. The maximum absolute atomic E-state index is 12.3. The molecule has 1 aliphatic heterocycles. The Hall–Kier alpha value is -1.75. The lowest BCUT2D eigenvalue weighted by Crippen LogP contribution is -2.53. The second-order valence-corrected chi connectivity index (χ2v) is 6.91. The van der Waals surface area contributed by atoms with E-state index in [1.807, 2.05) is 17.0 Å². The first-order chi connectivity index (χ1) is 11.0. The van der Waals surface area contributed by atoms with Crippen molar-refractivity contribution < 1.29 is 9.53 Å². The van der Waals surface area contributed by atoms with Gasteiger partial charge in [-0.05, 0) is 61.8 Å². The Morgan fingerprint density at radius 3 is 2.61 bits per heavy atom. The number of carbonyl (C=O) groups is 1. The van der Waals surface area contributed by atoms with Crippen LogP contribution in [-0.2, 0) is 0 Å². The molecular formula is C18H27N3O2. The van der Waals surface area contributed by atoms with Crippen LogP contribution < -0.4 is 15.8 Å². The molecule has 2 amide bonds. The standard InChI is InChI=1S/C18H27N3O2/c1-12-3-6-16(9-13(12)2)23-8-7-20-18(22)21-10-14-4-5-15(11-21)17(14)19/h3,6,9,14-15,17H,4-5,7-8,10-11,19H2,1-2H3,(H,20,22)/t14-,15+,17?. The predicted octanol–water partition coefficient (Wildman–Crippen LogP) is 2.06. The lowest BCUT2D eigenvalue weighted by molar-refractivity contribution is 0.149. The SMILES string of the molecule is Cc1ccc(OCCNC(=O)N2C[C@H]3CC[C@@H](C2)C3N)cc1C. The average Bonchev–Trinajstić information content (AvgIpc) is 2.76. The monoisotopic (exact) mass is 317 g/mol. The van der Waals surface area contributed by atoms with Crippen molar-refractivity contribution in [2.75, 3.05) is 26.2 Å². The van der Waals surface area contributed by atoms with Crippen LogP contribution in [0.25, 0.3) is 0 Å². The third kappa shape index (κ3) is 3.61. The molecule has 5 nitrogen and oxygen atoms in total. The fraction of sp³-hybridized carbons (Fsp3) is 0.611. The molecule has 23 heavy (non-hydrogen) atoms. The molecule has 126 valence electrons. The third-order valence-electron chi connectivity index (χ3n) is 5.32. The van der Waals surface area contributed by atoms with Crippen LogP contribution in [0.5, 0.6) is 5.75 Å². The van der Waals surface area contributed by atoms with Crippen LogP contribution in [0.4, 0.5) is 4.79 Å². The number of nitrogens with zero attached hydrogens (tertiary/aromatic N) is 1. The fourth-order valence-corrected chi connectivity index (χ4v) is 3.67. The number of benzene rings is 1. The molecule has 5 heteroatoms. The van der Waals surface area contributed by atoms with Gasteiger partial charge in [0.2, 0.25) is 0 Å². The van der Waals surface area contributed by atoms with E-state index in [-0.39, 0.29) is 12.1 Å². The summed E-state index contributed by atoms with van der Waals surface area (Å²) in [6, 6.07) is 6.34. The van der Waals surface area contributed by atoms with Crippen molar-refractivity contribution in [3.05, 3.63) is 29.3 Å². The van der Waals surface area contributed by atoms with Crippen molar-refractivity contribution in [1.82, 2.24) is 10.2 Å². The number of fused-ring (bicyclic) bond motifs is 2. The number of amides is 2. The van der Waals surface area contributed by atoms with Crippen LogP contribution in [0, 0.1) is 25.7 Å². The Labute approximate surface area is 138 Å². The summed E-state index contributed by atoms with van der Waals surface area (Å²) in [7, 11) is 0. The van der Waals surface area contributed by atoms with E-state index in [0.29, 0.717) is 25.0 Å². The first kappa shape index (κ1) is 16.1. The van der Waals surface area contributed by atoms with Gasteiger partial charge < -0.3 is 20.7 Å². The predicted molar refractivity (Wildman–Crippen MR) is 90.6 cm³/mol. The summed E-state index contributed by atoms with van der Waals surface area (Å²) in [6.07, 6.45) is 2.32. The quantitative estimate of drug-likeness (QED) is 0.835. The normalized spacial score (nSPS) is 26.2. The zero-order valence-corrected chi connectivity index (χ0v) is 14.0. The van der Waals surface area contributed by atoms with E-state index < -0.39 is 0 Å². The first-order valence-corrected chi connectivity index (χ1v) is 8.53. The number of likely N-dealkylation sites (tertiary alicyclic amines) is 1. The summed E-state index contributed by atoms with van der Waals surface area (Å²) in [5.74, 6) is 1.81. The van der Waals surface area contributed by atoms with Crippen molar-refractivity contribution in [2.45, 2.75) is 32.7 Å². The van der Waals surface area contributed by atoms with E-state index in [4.69, 9.17) is 10.5 Å². The molecule has 0 radical (unpaired) electrons. The topological polar surface area (TPSA) is 67.6 Å². The zero-order chi connectivity index (χ0) is 16.4. The largest absolute Gasteiger partial charge is 0.492 e. The van der Waals surface area contributed by atoms with E-state index >= 15 is 0 Å². The Kier molecular flexibility index (Phi) is 4.76. The van der Waals surface area contributed by atoms with E-state index in [1.165, 1.54) is 11.1 Å². The maximum atomic E-state index is 12.3. The molecule has 2 aliphatic rings. The van der Waals surface area contributed by atoms with Crippen molar-refractivity contribution in [1.29, 1.82) is 0 Å². The number of hydrogen-bond acceptors (Lipinski definition) is 3. The molecule has 1 heterocycles. The lowest BCUT2D eigenvalue weighted by Gasteiger charge is -2.36. The molecule has 0 spiro atoms. The summed E-state index contributed by atoms with van der Waals surface area (Å²) in [4.78, 5) is 14.2. The molecule has 1 aromatic rings. The highest BCUT2D eigenvalue weighted by atomic mass is 16.5. The Balaban J connectivity index is 1.40. The molecular weight excluding hydrogens is 290 g/mol. The zero-order valence-electron chi connectivity index (χ0n) is 14.0. The molecule has 1 saturated carbocycles. The molecule has 1 aromatic carbocycles. The fourth-order valence-electron chi connectivity index (χ4n) is 3.67. The number of ether oxygens (including phenoxy) is 1. The van der Waals surface area contributed by atoms with Crippen LogP contribution in [0.15, 0.2) is 18.2 Å². The van der Waals surface area contributed by atoms with Gasteiger partial charge in [-0.15, -0.1) is 0 Å². The Morgan fingerprint density at radius 1 is 1.26 bits per heavy atom. The molecule has 2 bridgehead atoms. The average molecular weight is 317 g/mol. The number of carbonyl (C=O) groups excluding carboxylic acids is 1. The second kappa shape index (κ2) is 6.79. The number of nitrogens with one attached hydrogen (secondary N) is 1. The lowest BCUT2D eigenvalue weighted by atomic mass is 9.93. The minimum Gasteiger partial charge on any atom is -0.492 e. The van der Waals surface area contributed by atoms with Gasteiger partial charge in [0.05, 0.1) is 6.54 Å². The smallest absolute Gasteiger partial charge is 0.317 e. The number of hydrogen-bond donors (Lipinski definition) is 2. The molecule has 1 saturated heterocycles. The number of rotatable bonds is 4. The van der Waals surface area contributed by atoms with Gasteiger partial charge in [0.25, 0.3) is 0 Å². The molecule has 1 unspecified atom stereocenters. The summed E-state index contributed by atoms with van der Waals surface area (Å²) < 4.78 is 5.70. The van der Waals surface area contributed by atoms with Gasteiger partial charge in [0.1, 0.15) is 12.4 Å². The van der Waals surface area contributed by atoms with Crippen molar-refractivity contribution in [3.8, 4) is 5.75 Å². The summed E-state index contributed by atoms with van der Waals surface area (Å²) >= 11 is 0. The van der Waals surface area contributed by atoms with E-state index in [1.54, 1.807) is 0 Å². The van der Waals surface area contributed by atoms with Crippen molar-refractivity contribution in [2.24, 2.45) is 17.6 Å². The van der Waals surface area contributed by atoms with Gasteiger partial charge in [-0.1, -0.05) is 6.07 Å². The highest BCUT2D eigenvalue weighted by Crippen LogP contribution is 2.35. The highest BCUT2D eigenvalue weighted by molar-refractivity contribution is 5.74. The van der Waals surface area contributed by atoms with Crippen LogP contribution in [-0.4, -0.2) is 43.2 Å². The number of urea groups is 1. The van der Waals surface area contributed by atoms with Gasteiger partial charge in [-0.25, -0.2) is 4.79 Å². The Bertz CT molecular complexity index is 561. The van der Waals surface area contributed by atoms with E-state index in [0.717, 1.165) is 31.7 Å². The number of aryl methyl sites for hydroxylation is 2. The van der Waals surface area contributed by atoms with Crippen molar-refractivity contribution in [3.63, 3.8) is 0 Å². The van der Waals surface area contributed by atoms with Crippen molar-refractivity contribution >= 4 is 6.03 Å². The van der Waals surface area contributed by atoms with Gasteiger partial charge in [0, 0.05) is 19.1 Å². The minimum absolute atomic E-state index is 0.0116.